The van der Waals surface area contributed by atoms with E-state index in [-0.39, 0.29) is 5.95 Å². The van der Waals surface area contributed by atoms with Gasteiger partial charge in [0.2, 0.25) is 5.95 Å². The minimum atomic E-state index is 0.194. The third-order valence-electron chi connectivity index (χ3n) is 1.74. The molecule has 12 heavy (non-hydrogen) atoms. The largest absolute Gasteiger partial charge is 0.382 e. The number of nitrogens with zero attached hydrogens (tertiary/aromatic N) is 3. The molecule has 2 aromatic rings. The second-order valence-electron chi connectivity index (χ2n) is 2.63. The van der Waals surface area contributed by atoms with E-state index < -0.39 is 0 Å². The molecule has 4 N–H and O–H groups in total. The summed E-state index contributed by atoms with van der Waals surface area (Å²) in [6.45, 7) is 1.93. The minimum absolute atomic E-state index is 0.194. The molecule has 0 saturated carbocycles. The summed E-state index contributed by atoms with van der Waals surface area (Å²) in [6.07, 6.45) is 0. The molecular weight excluding hydrogens is 154 g/mol. The first-order chi connectivity index (χ1) is 5.68. The summed E-state index contributed by atoms with van der Waals surface area (Å²) in [5, 5.41) is 4.00. The van der Waals surface area contributed by atoms with Crippen LogP contribution in [0.1, 0.15) is 5.69 Å². The van der Waals surface area contributed by atoms with Gasteiger partial charge in [0.15, 0.2) is 5.82 Å². The van der Waals surface area contributed by atoms with E-state index in [1.807, 2.05) is 19.1 Å². The fraction of sp³-hybridized carbons (Fsp3) is 0.143. The van der Waals surface area contributed by atoms with Crippen molar-refractivity contribution in [3.63, 3.8) is 0 Å². The van der Waals surface area contributed by atoms with E-state index in [0.29, 0.717) is 5.82 Å². The molecule has 0 aliphatic carbocycles. The molecule has 2 rings (SSSR count). The molecule has 2 aromatic heterocycles. The molecule has 62 valence electrons. The van der Waals surface area contributed by atoms with Gasteiger partial charge < -0.3 is 11.5 Å². The Morgan fingerprint density at radius 1 is 1.33 bits per heavy atom. The number of hydrogen-bond acceptors (Lipinski definition) is 4. The number of anilines is 2. The maximum Gasteiger partial charge on any atom is 0.240 e. The van der Waals surface area contributed by atoms with Crippen LogP contribution in [0.25, 0.3) is 5.52 Å². The molecule has 0 fully saturated rings. The van der Waals surface area contributed by atoms with Gasteiger partial charge in [0.1, 0.15) is 5.52 Å². The van der Waals surface area contributed by atoms with Crippen LogP contribution in [0.4, 0.5) is 11.8 Å². The number of hydrogen-bond donors (Lipinski definition) is 2. The van der Waals surface area contributed by atoms with Crippen LogP contribution in [-0.2, 0) is 0 Å². The molecule has 0 amide bonds. The zero-order chi connectivity index (χ0) is 8.72. The van der Waals surface area contributed by atoms with E-state index in [0.717, 1.165) is 11.2 Å². The number of rotatable bonds is 0. The predicted octanol–water partition coefficient (Wildman–Crippen LogP) is 0.202. The van der Waals surface area contributed by atoms with Crippen molar-refractivity contribution in [2.45, 2.75) is 6.92 Å². The van der Waals surface area contributed by atoms with E-state index in [9.17, 15) is 0 Å². The highest BCUT2D eigenvalue weighted by atomic mass is 15.3. The van der Waals surface area contributed by atoms with Gasteiger partial charge in [0.05, 0.1) is 0 Å². The zero-order valence-electron chi connectivity index (χ0n) is 6.65. The number of aromatic nitrogens is 3. The van der Waals surface area contributed by atoms with E-state index >= 15 is 0 Å². The molecule has 0 saturated heterocycles. The van der Waals surface area contributed by atoms with Crippen LogP contribution in [0, 0.1) is 6.92 Å². The quantitative estimate of drug-likeness (QED) is 0.581. The summed E-state index contributed by atoms with van der Waals surface area (Å²) < 4.78 is 1.68. The van der Waals surface area contributed by atoms with Crippen LogP contribution in [0.15, 0.2) is 12.1 Å². The highest BCUT2D eigenvalue weighted by Gasteiger charge is 2.03. The SMILES string of the molecule is Cc1ccc2c(N)nc(N)nn12. The number of aryl methyl sites for hydroxylation is 1. The maximum absolute atomic E-state index is 5.62. The average Bonchev–Trinajstić information content (AvgIpc) is 2.33. The van der Waals surface area contributed by atoms with E-state index in [1.54, 1.807) is 4.52 Å². The lowest BCUT2D eigenvalue weighted by Crippen LogP contribution is -2.05. The zero-order valence-corrected chi connectivity index (χ0v) is 6.65. The third-order valence-corrected chi connectivity index (χ3v) is 1.74. The van der Waals surface area contributed by atoms with Crippen LogP contribution >= 0.6 is 0 Å². The predicted molar refractivity (Wildman–Crippen MR) is 46.5 cm³/mol. The first-order valence-electron chi connectivity index (χ1n) is 3.56. The molecule has 0 bridgehead atoms. The van der Waals surface area contributed by atoms with Crippen LogP contribution in [0.3, 0.4) is 0 Å². The van der Waals surface area contributed by atoms with Crippen molar-refractivity contribution < 1.29 is 0 Å². The fourth-order valence-corrected chi connectivity index (χ4v) is 1.16. The average molecular weight is 163 g/mol. The molecule has 2 heterocycles. The molecular formula is C7H9N5. The summed E-state index contributed by atoms with van der Waals surface area (Å²) in [7, 11) is 0. The first kappa shape index (κ1) is 6.90. The van der Waals surface area contributed by atoms with E-state index in [1.165, 1.54) is 0 Å². The molecule has 5 nitrogen and oxygen atoms in total. The number of fused-ring (bicyclic) bond motifs is 1. The van der Waals surface area contributed by atoms with Gasteiger partial charge in [-0.05, 0) is 19.1 Å². The summed E-state index contributed by atoms with van der Waals surface area (Å²) in [4.78, 5) is 3.84. The Morgan fingerprint density at radius 2 is 2.08 bits per heavy atom. The topological polar surface area (TPSA) is 82.2 Å². The Morgan fingerprint density at radius 3 is 2.83 bits per heavy atom. The maximum atomic E-state index is 5.62. The second-order valence-corrected chi connectivity index (χ2v) is 2.63. The normalized spacial score (nSPS) is 10.8. The highest BCUT2D eigenvalue weighted by Crippen LogP contribution is 2.13. The highest BCUT2D eigenvalue weighted by molar-refractivity contribution is 5.66. The van der Waals surface area contributed by atoms with Gasteiger partial charge in [-0.3, -0.25) is 0 Å². The van der Waals surface area contributed by atoms with Gasteiger partial charge in [-0.2, -0.15) is 4.98 Å². The smallest absolute Gasteiger partial charge is 0.240 e. The molecule has 0 atom stereocenters. The van der Waals surface area contributed by atoms with E-state index in [4.69, 9.17) is 11.5 Å². The second kappa shape index (κ2) is 2.10. The lowest BCUT2D eigenvalue weighted by atomic mass is 10.5. The van der Waals surface area contributed by atoms with Gasteiger partial charge in [-0.1, -0.05) is 0 Å². The molecule has 0 spiro atoms. The Bertz CT molecular complexity index is 431. The Labute approximate surface area is 69.0 Å². The lowest BCUT2D eigenvalue weighted by molar-refractivity contribution is 0.888. The third kappa shape index (κ3) is 0.795. The van der Waals surface area contributed by atoms with Crippen LogP contribution in [-0.4, -0.2) is 14.6 Å². The molecule has 0 radical (unpaired) electrons. The number of nitrogen functional groups attached to an aromatic ring is 2. The molecule has 0 aliphatic rings. The van der Waals surface area contributed by atoms with Crippen molar-refractivity contribution in [2.24, 2.45) is 0 Å². The van der Waals surface area contributed by atoms with Crippen molar-refractivity contribution in [1.82, 2.24) is 14.6 Å². The van der Waals surface area contributed by atoms with Gasteiger partial charge in [-0.25, -0.2) is 4.52 Å². The van der Waals surface area contributed by atoms with Gasteiger partial charge in [0.25, 0.3) is 0 Å². The Balaban J connectivity index is 2.92. The first-order valence-corrected chi connectivity index (χ1v) is 3.56. The van der Waals surface area contributed by atoms with Crippen molar-refractivity contribution in [1.29, 1.82) is 0 Å². The molecule has 0 unspecified atom stereocenters. The monoisotopic (exact) mass is 163 g/mol. The van der Waals surface area contributed by atoms with Crippen molar-refractivity contribution >= 4 is 17.3 Å². The van der Waals surface area contributed by atoms with Crippen molar-refractivity contribution in [2.75, 3.05) is 11.5 Å². The summed E-state index contributed by atoms with van der Waals surface area (Å²) in [6, 6.07) is 3.78. The van der Waals surface area contributed by atoms with Gasteiger partial charge in [-0.15, -0.1) is 5.10 Å². The molecule has 0 aromatic carbocycles. The lowest BCUT2D eigenvalue weighted by Gasteiger charge is -2.00. The van der Waals surface area contributed by atoms with Crippen LogP contribution < -0.4 is 11.5 Å². The standard InChI is InChI=1S/C7H9N5/c1-4-2-3-5-6(8)10-7(9)11-12(4)5/h2-3H,1H3,(H4,8,9,10,11). The van der Waals surface area contributed by atoms with Gasteiger partial charge in [0, 0.05) is 5.69 Å². The van der Waals surface area contributed by atoms with Crippen molar-refractivity contribution in [3.05, 3.63) is 17.8 Å². The summed E-state index contributed by atoms with van der Waals surface area (Å²) in [5.74, 6) is 0.606. The summed E-state index contributed by atoms with van der Waals surface area (Å²) in [5.41, 5.74) is 12.8. The van der Waals surface area contributed by atoms with E-state index in [2.05, 4.69) is 10.1 Å². The fourth-order valence-electron chi connectivity index (χ4n) is 1.16. The van der Waals surface area contributed by atoms with Gasteiger partial charge >= 0.3 is 0 Å². The Hall–Kier alpha value is -1.78. The number of nitrogens with two attached hydrogens (primary N) is 2. The van der Waals surface area contributed by atoms with Crippen LogP contribution in [0.5, 0.6) is 0 Å². The van der Waals surface area contributed by atoms with Crippen LogP contribution in [0.2, 0.25) is 0 Å². The molecule has 0 aliphatic heterocycles. The summed E-state index contributed by atoms with van der Waals surface area (Å²) >= 11 is 0. The minimum Gasteiger partial charge on any atom is -0.382 e. The Kier molecular flexibility index (Phi) is 1.21. The van der Waals surface area contributed by atoms with Crippen molar-refractivity contribution in [3.8, 4) is 0 Å². The molecule has 5 heteroatoms.